The molecule has 0 saturated carbocycles. The zero-order chi connectivity index (χ0) is 17.4. The molecule has 25 heavy (non-hydrogen) atoms. The predicted molar refractivity (Wildman–Crippen MR) is 89.9 cm³/mol. The van der Waals surface area contributed by atoms with E-state index in [4.69, 9.17) is 0 Å². The van der Waals surface area contributed by atoms with Crippen LogP contribution < -0.4 is 16.2 Å². The zero-order valence-corrected chi connectivity index (χ0v) is 14.0. The van der Waals surface area contributed by atoms with E-state index in [1.54, 1.807) is 0 Å². The van der Waals surface area contributed by atoms with E-state index < -0.39 is 0 Å². The maximum Gasteiger partial charge on any atom is 0.271 e. The summed E-state index contributed by atoms with van der Waals surface area (Å²) in [5.41, 5.74) is -0.165. The predicted octanol–water partition coefficient (Wildman–Crippen LogP) is -0.511. The maximum absolute atomic E-state index is 12.6. The molecule has 0 spiro atoms. The summed E-state index contributed by atoms with van der Waals surface area (Å²) in [4.78, 5) is 38.0. The highest BCUT2D eigenvalue weighted by molar-refractivity contribution is 5.92. The lowest BCUT2D eigenvalue weighted by Crippen LogP contribution is -2.66. The molecule has 1 aromatic heterocycles. The van der Waals surface area contributed by atoms with E-state index in [9.17, 15) is 14.4 Å². The van der Waals surface area contributed by atoms with Gasteiger partial charge < -0.3 is 15.5 Å². The summed E-state index contributed by atoms with van der Waals surface area (Å²) < 4.78 is 0. The summed E-state index contributed by atoms with van der Waals surface area (Å²) in [6.07, 6.45) is 3.73. The summed E-state index contributed by atoms with van der Waals surface area (Å²) in [5.74, 6) is 0.772. The second-order valence-corrected chi connectivity index (χ2v) is 7.26. The Kier molecular flexibility index (Phi) is 4.29. The Labute approximate surface area is 145 Å². The monoisotopic (exact) mass is 345 g/mol. The molecule has 3 N–H and O–H groups in total. The van der Waals surface area contributed by atoms with Gasteiger partial charge in [0.05, 0.1) is 6.04 Å². The third-order valence-electron chi connectivity index (χ3n) is 5.78. The van der Waals surface area contributed by atoms with Crippen LogP contribution in [-0.4, -0.2) is 58.6 Å². The van der Waals surface area contributed by atoms with Crippen LogP contribution in [0.5, 0.6) is 0 Å². The Morgan fingerprint density at radius 2 is 2.12 bits per heavy atom. The highest BCUT2D eigenvalue weighted by atomic mass is 16.2. The number of hydrogen-bond donors (Lipinski definition) is 3. The van der Waals surface area contributed by atoms with Crippen LogP contribution in [0.15, 0.2) is 16.9 Å². The van der Waals surface area contributed by atoms with Crippen LogP contribution in [0, 0.1) is 11.8 Å². The van der Waals surface area contributed by atoms with Gasteiger partial charge in [-0.25, -0.2) is 5.10 Å². The van der Waals surface area contributed by atoms with Crippen LogP contribution in [0.25, 0.3) is 0 Å². The van der Waals surface area contributed by atoms with Gasteiger partial charge in [0.15, 0.2) is 0 Å². The summed E-state index contributed by atoms with van der Waals surface area (Å²) >= 11 is 0. The number of aromatic nitrogens is 2. The normalized spacial score (nSPS) is 31.4. The minimum Gasteiger partial charge on any atom is -0.349 e. The first kappa shape index (κ1) is 16.3. The molecular formula is C17H23N5O3. The zero-order valence-electron chi connectivity index (χ0n) is 14.0. The first-order valence-corrected chi connectivity index (χ1v) is 8.99. The van der Waals surface area contributed by atoms with Gasteiger partial charge in [-0.05, 0) is 43.7 Å². The van der Waals surface area contributed by atoms with E-state index in [1.807, 2.05) is 0 Å². The number of nitrogens with zero attached hydrogens (tertiary/aromatic N) is 2. The largest absolute Gasteiger partial charge is 0.349 e. The number of piperidine rings is 3. The molecule has 0 unspecified atom stereocenters. The Morgan fingerprint density at radius 3 is 2.92 bits per heavy atom. The van der Waals surface area contributed by atoms with Crippen molar-refractivity contribution in [2.75, 3.05) is 19.6 Å². The number of carbonyl (C=O) groups excluding carboxylic acids is 2. The summed E-state index contributed by atoms with van der Waals surface area (Å²) in [6, 6.07) is 3.00. The standard InChI is InChI=1S/C17H23N5O3/c23-15-5-4-12(20-21-15)17(25)19-9-14-11-6-10(7-18-8-11)13-2-1-3-16(24)22(13)14/h4-5,10-11,13-14,18H,1-3,6-9H2,(H,19,25)(H,21,23)/t10-,11+,13+,14+/m1/s1. The van der Waals surface area contributed by atoms with Gasteiger partial charge in [-0.3, -0.25) is 14.4 Å². The first-order chi connectivity index (χ1) is 12.1. The van der Waals surface area contributed by atoms with Crippen LogP contribution >= 0.6 is 0 Å². The Bertz CT molecular complexity index is 713. The third-order valence-corrected chi connectivity index (χ3v) is 5.78. The summed E-state index contributed by atoms with van der Waals surface area (Å²) in [5, 5.41) is 12.4. The van der Waals surface area contributed by atoms with Crippen molar-refractivity contribution >= 4 is 11.8 Å². The second kappa shape index (κ2) is 6.59. The van der Waals surface area contributed by atoms with E-state index in [-0.39, 0.29) is 29.1 Å². The molecular weight excluding hydrogens is 322 g/mol. The van der Waals surface area contributed by atoms with Gasteiger partial charge in [0, 0.05) is 31.6 Å². The molecule has 3 aliphatic heterocycles. The van der Waals surface area contributed by atoms with Crippen LogP contribution in [0.3, 0.4) is 0 Å². The molecule has 0 aromatic carbocycles. The lowest BCUT2D eigenvalue weighted by atomic mass is 9.72. The van der Waals surface area contributed by atoms with Crippen LogP contribution in [0.1, 0.15) is 36.2 Å². The molecule has 3 aliphatic rings. The smallest absolute Gasteiger partial charge is 0.271 e. The molecule has 0 radical (unpaired) electrons. The summed E-state index contributed by atoms with van der Waals surface area (Å²) in [6.45, 7) is 2.27. The maximum atomic E-state index is 12.6. The Hall–Kier alpha value is -2.22. The number of H-pyrrole nitrogens is 1. The van der Waals surface area contributed by atoms with Crippen molar-refractivity contribution in [1.29, 1.82) is 0 Å². The molecule has 3 fully saturated rings. The highest BCUT2D eigenvalue weighted by Crippen LogP contribution is 2.39. The number of aromatic amines is 1. The molecule has 8 nitrogen and oxygen atoms in total. The van der Waals surface area contributed by atoms with Gasteiger partial charge in [0.25, 0.3) is 11.5 Å². The average molecular weight is 345 g/mol. The number of rotatable bonds is 3. The van der Waals surface area contributed by atoms with E-state index >= 15 is 0 Å². The van der Waals surface area contributed by atoms with E-state index in [1.165, 1.54) is 12.1 Å². The lowest BCUT2D eigenvalue weighted by molar-refractivity contribution is -0.148. The molecule has 4 atom stereocenters. The SMILES string of the molecule is O=C(NC[C@H]1[C@@H]2CNC[C@@H](C2)[C@@H]2CCCC(=O)N21)c1ccc(=O)[nH]n1. The topological polar surface area (TPSA) is 107 Å². The fourth-order valence-electron chi connectivity index (χ4n) is 4.66. The molecule has 8 heteroatoms. The van der Waals surface area contributed by atoms with Crippen molar-refractivity contribution in [3.63, 3.8) is 0 Å². The van der Waals surface area contributed by atoms with Crippen molar-refractivity contribution in [3.05, 3.63) is 28.2 Å². The number of carbonyl (C=O) groups is 2. The molecule has 0 aliphatic carbocycles. The average Bonchev–Trinajstić information content (AvgIpc) is 2.63. The van der Waals surface area contributed by atoms with Gasteiger partial charge >= 0.3 is 0 Å². The van der Waals surface area contributed by atoms with Crippen molar-refractivity contribution < 1.29 is 9.59 Å². The van der Waals surface area contributed by atoms with Crippen molar-refractivity contribution in [1.82, 2.24) is 25.7 Å². The van der Waals surface area contributed by atoms with Gasteiger partial charge in [-0.1, -0.05) is 0 Å². The quantitative estimate of drug-likeness (QED) is 0.684. The van der Waals surface area contributed by atoms with Crippen LogP contribution in [-0.2, 0) is 4.79 Å². The number of amides is 2. The van der Waals surface area contributed by atoms with Crippen LogP contribution in [0.4, 0.5) is 0 Å². The fourth-order valence-corrected chi connectivity index (χ4v) is 4.66. The first-order valence-electron chi connectivity index (χ1n) is 8.99. The van der Waals surface area contributed by atoms with Gasteiger partial charge in [-0.2, -0.15) is 5.10 Å². The van der Waals surface area contributed by atoms with Crippen molar-refractivity contribution in [2.24, 2.45) is 11.8 Å². The fraction of sp³-hybridized carbons (Fsp3) is 0.647. The molecule has 3 saturated heterocycles. The molecule has 2 bridgehead atoms. The minimum atomic E-state index is -0.343. The number of hydrogen-bond acceptors (Lipinski definition) is 5. The number of nitrogens with one attached hydrogen (secondary N) is 3. The lowest BCUT2D eigenvalue weighted by Gasteiger charge is -2.54. The van der Waals surface area contributed by atoms with Gasteiger partial charge in [0.1, 0.15) is 5.69 Å². The second-order valence-electron chi connectivity index (χ2n) is 7.26. The minimum absolute atomic E-state index is 0.0218. The molecule has 2 amide bonds. The van der Waals surface area contributed by atoms with Gasteiger partial charge in [0.2, 0.25) is 5.91 Å². The number of fused-ring (bicyclic) bond motifs is 4. The highest BCUT2D eigenvalue weighted by Gasteiger charge is 2.47. The molecule has 1 aromatic rings. The van der Waals surface area contributed by atoms with Crippen molar-refractivity contribution in [2.45, 2.75) is 37.8 Å². The van der Waals surface area contributed by atoms with E-state index in [2.05, 4.69) is 25.7 Å². The molecule has 4 heterocycles. The van der Waals surface area contributed by atoms with E-state index in [0.29, 0.717) is 30.8 Å². The third kappa shape index (κ3) is 3.06. The van der Waals surface area contributed by atoms with Gasteiger partial charge in [-0.15, -0.1) is 0 Å². The van der Waals surface area contributed by atoms with E-state index in [0.717, 1.165) is 32.4 Å². The van der Waals surface area contributed by atoms with Crippen molar-refractivity contribution in [3.8, 4) is 0 Å². The summed E-state index contributed by atoms with van der Waals surface area (Å²) in [7, 11) is 0. The molecule has 134 valence electrons. The Morgan fingerprint density at radius 1 is 1.28 bits per heavy atom. The Balaban J connectivity index is 1.49. The molecule has 4 rings (SSSR count). The van der Waals surface area contributed by atoms with Crippen LogP contribution in [0.2, 0.25) is 0 Å².